The molecule has 2 unspecified atom stereocenters. The van der Waals surface area contributed by atoms with Crippen molar-refractivity contribution in [3.8, 4) is 0 Å². The van der Waals surface area contributed by atoms with Gasteiger partial charge >= 0.3 is 0 Å². The maximum Gasteiger partial charge on any atom is 0.0392 e. The van der Waals surface area contributed by atoms with Gasteiger partial charge in [0, 0.05) is 34.4 Å². The molecule has 0 amide bonds. The van der Waals surface area contributed by atoms with Gasteiger partial charge in [0.15, 0.2) is 0 Å². The molecule has 3 heterocycles. The summed E-state index contributed by atoms with van der Waals surface area (Å²) in [6.45, 7) is 0. The Labute approximate surface area is 57.7 Å². The van der Waals surface area contributed by atoms with Crippen LogP contribution >= 0.6 is 0 Å². The van der Waals surface area contributed by atoms with Gasteiger partial charge in [-0.25, -0.2) is 0 Å². The normalized spacial score (nSPS) is 50.6. The van der Waals surface area contributed by atoms with Gasteiger partial charge < -0.3 is 0 Å². The van der Waals surface area contributed by atoms with Gasteiger partial charge in [-0.1, -0.05) is 0 Å². The van der Waals surface area contributed by atoms with Crippen LogP contribution in [0.25, 0.3) is 0 Å². The highest BCUT2D eigenvalue weighted by atomic mass is 32.2. The predicted molar refractivity (Wildman–Crippen MR) is 37.8 cm³/mol. The number of fused-ring (bicyclic) bond motifs is 2. The molecule has 0 aliphatic carbocycles. The third kappa shape index (κ3) is 0.749. The molecule has 2 atom stereocenters. The van der Waals surface area contributed by atoms with E-state index in [-0.39, 0.29) is 0 Å². The summed E-state index contributed by atoms with van der Waals surface area (Å²) in [6.07, 6.45) is 1.29. The summed E-state index contributed by atoms with van der Waals surface area (Å²) in [5.41, 5.74) is 0. The number of hydrogen-bond acceptors (Lipinski definition) is 2. The van der Waals surface area contributed by atoms with Crippen LogP contribution in [0.15, 0.2) is 0 Å². The minimum absolute atomic E-state index is 0.483. The van der Waals surface area contributed by atoms with Crippen LogP contribution in [0.3, 0.4) is 0 Å². The zero-order valence-corrected chi connectivity index (χ0v) is 6.36. The summed E-state index contributed by atoms with van der Waals surface area (Å²) in [7, 11) is 1.65. The van der Waals surface area contributed by atoms with Crippen molar-refractivity contribution in [3.63, 3.8) is 0 Å². The van der Waals surface area contributed by atoms with Crippen molar-refractivity contribution in [2.24, 2.45) is 0 Å². The Morgan fingerprint density at radius 2 is 2.00 bits per heavy atom. The van der Waals surface area contributed by atoms with Crippen LogP contribution in [-0.2, 0) is 10.8 Å². The van der Waals surface area contributed by atoms with E-state index in [9.17, 15) is 4.21 Å². The molecule has 0 spiro atoms. The Bertz CT molecular complexity index is 145. The van der Waals surface area contributed by atoms with E-state index in [1.165, 1.54) is 6.42 Å². The molecule has 2 bridgehead atoms. The zero-order chi connectivity index (χ0) is 6.43. The van der Waals surface area contributed by atoms with Crippen molar-refractivity contribution in [2.45, 2.75) is 18.5 Å². The molecule has 0 N–H and O–H groups in total. The fourth-order valence-corrected chi connectivity index (χ4v) is 3.41. The second kappa shape index (κ2) is 1.80. The number of hydrogen-bond donors (Lipinski definition) is 0. The van der Waals surface area contributed by atoms with E-state index < -0.39 is 10.8 Å². The van der Waals surface area contributed by atoms with Gasteiger partial charge in [0.25, 0.3) is 0 Å². The molecule has 0 radical (unpaired) electrons. The van der Waals surface area contributed by atoms with Crippen molar-refractivity contribution in [1.82, 2.24) is 4.90 Å². The lowest BCUT2D eigenvalue weighted by Gasteiger charge is -2.50. The van der Waals surface area contributed by atoms with E-state index in [1.807, 2.05) is 0 Å². The molecule has 3 aliphatic heterocycles. The second-order valence-corrected chi connectivity index (χ2v) is 4.53. The maximum atomic E-state index is 10.9. The maximum absolute atomic E-state index is 10.9. The van der Waals surface area contributed by atoms with Gasteiger partial charge in [-0.3, -0.25) is 9.11 Å². The van der Waals surface area contributed by atoms with Crippen LogP contribution in [0.5, 0.6) is 0 Å². The molecule has 3 saturated heterocycles. The van der Waals surface area contributed by atoms with Gasteiger partial charge in [-0.2, -0.15) is 0 Å². The minimum Gasteiger partial charge on any atom is -0.299 e. The molecule has 3 heteroatoms. The van der Waals surface area contributed by atoms with E-state index in [0.717, 1.165) is 11.5 Å². The van der Waals surface area contributed by atoms with E-state index in [4.69, 9.17) is 0 Å². The van der Waals surface area contributed by atoms with Crippen molar-refractivity contribution in [2.75, 3.05) is 18.6 Å². The lowest BCUT2D eigenvalue weighted by atomic mass is 9.96. The molecular formula is C6H11NOS. The molecule has 9 heavy (non-hydrogen) atoms. The highest BCUT2D eigenvalue weighted by Gasteiger charge is 2.41. The topological polar surface area (TPSA) is 20.3 Å². The van der Waals surface area contributed by atoms with E-state index in [0.29, 0.717) is 12.1 Å². The molecule has 0 aromatic carbocycles. The van der Waals surface area contributed by atoms with Crippen LogP contribution in [-0.4, -0.2) is 39.7 Å². The van der Waals surface area contributed by atoms with Gasteiger partial charge in [0.2, 0.25) is 0 Å². The Balaban J connectivity index is 2.09. The van der Waals surface area contributed by atoms with Crippen molar-refractivity contribution in [1.29, 1.82) is 0 Å². The average molecular weight is 145 g/mol. The first-order valence-corrected chi connectivity index (χ1v) is 4.83. The smallest absolute Gasteiger partial charge is 0.0392 e. The molecule has 2 nitrogen and oxygen atoms in total. The van der Waals surface area contributed by atoms with Crippen LogP contribution in [0.1, 0.15) is 6.42 Å². The Kier molecular flexibility index (Phi) is 1.17. The van der Waals surface area contributed by atoms with Gasteiger partial charge in [-0.05, 0) is 13.5 Å². The van der Waals surface area contributed by atoms with Crippen molar-refractivity contribution in [3.05, 3.63) is 0 Å². The molecule has 3 aliphatic rings. The summed E-state index contributed by atoms with van der Waals surface area (Å²) in [6, 6.07) is 1.31. The largest absolute Gasteiger partial charge is 0.299 e. The van der Waals surface area contributed by atoms with Crippen LogP contribution in [0, 0.1) is 0 Å². The molecule has 3 fully saturated rings. The van der Waals surface area contributed by atoms with E-state index in [1.54, 1.807) is 0 Å². The quantitative estimate of drug-likeness (QED) is 0.471. The molecule has 0 saturated carbocycles. The first kappa shape index (κ1) is 5.86. The number of nitrogens with zero attached hydrogens (tertiary/aromatic N) is 1. The zero-order valence-electron chi connectivity index (χ0n) is 5.54. The third-order valence-corrected chi connectivity index (χ3v) is 3.97. The SMILES string of the molecule is CN1C2CC1CS(=O)C2. The first-order valence-electron chi connectivity index (χ1n) is 3.34. The highest BCUT2D eigenvalue weighted by molar-refractivity contribution is 7.85. The molecule has 0 aromatic rings. The summed E-state index contributed by atoms with van der Waals surface area (Å²) in [5, 5.41) is 0. The third-order valence-electron chi connectivity index (χ3n) is 2.45. The Hall–Kier alpha value is 0.110. The number of rotatable bonds is 0. The summed E-state index contributed by atoms with van der Waals surface area (Å²) in [4.78, 5) is 2.35. The van der Waals surface area contributed by atoms with Crippen LogP contribution in [0.4, 0.5) is 0 Å². The van der Waals surface area contributed by atoms with Gasteiger partial charge in [0.05, 0.1) is 0 Å². The first-order chi connectivity index (χ1) is 4.27. The van der Waals surface area contributed by atoms with Crippen molar-refractivity contribution >= 4 is 10.8 Å². The average Bonchev–Trinajstić information content (AvgIpc) is 1.87. The Morgan fingerprint density at radius 1 is 1.44 bits per heavy atom. The summed E-state index contributed by atoms with van der Waals surface area (Å²) < 4.78 is 10.9. The fourth-order valence-electron chi connectivity index (χ4n) is 1.68. The molecule has 52 valence electrons. The van der Waals surface area contributed by atoms with Crippen LogP contribution < -0.4 is 0 Å². The lowest BCUT2D eigenvalue weighted by Crippen LogP contribution is -2.62. The molecular weight excluding hydrogens is 134 g/mol. The fraction of sp³-hybridized carbons (Fsp3) is 1.00. The second-order valence-electron chi connectivity index (χ2n) is 2.98. The lowest BCUT2D eigenvalue weighted by molar-refractivity contribution is 0.0663. The predicted octanol–water partition coefficient (Wildman–Crippen LogP) is -0.179. The van der Waals surface area contributed by atoms with Crippen molar-refractivity contribution < 1.29 is 4.21 Å². The van der Waals surface area contributed by atoms with E-state index in [2.05, 4.69) is 11.9 Å². The van der Waals surface area contributed by atoms with Gasteiger partial charge in [-0.15, -0.1) is 0 Å². The summed E-state index contributed by atoms with van der Waals surface area (Å²) >= 11 is 0. The van der Waals surface area contributed by atoms with Crippen LogP contribution in [0.2, 0.25) is 0 Å². The Morgan fingerprint density at radius 3 is 2.33 bits per heavy atom. The molecule has 0 aromatic heterocycles. The summed E-state index contributed by atoms with van der Waals surface area (Å²) in [5.74, 6) is 1.85. The van der Waals surface area contributed by atoms with E-state index >= 15 is 0 Å². The standard InChI is InChI=1S/C6H11NOS/c1-7-5-2-6(7)4-9(8)3-5/h5-6H,2-4H2,1H3. The van der Waals surface area contributed by atoms with Gasteiger partial charge in [0.1, 0.15) is 0 Å². The minimum atomic E-state index is -0.483. The highest BCUT2D eigenvalue weighted by Crippen LogP contribution is 2.29. The molecule has 3 rings (SSSR count). The monoisotopic (exact) mass is 145 g/mol.